The number of hydrogen-bond donors (Lipinski definition) is 0. The van der Waals surface area contributed by atoms with Gasteiger partial charge in [0.05, 0.1) is 0 Å². The molecule has 0 aliphatic carbocycles. The van der Waals surface area contributed by atoms with Gasteiger partial charge in [-0.2, -0.15) is 0 Å². The Balaban J connectivity index is 0.00000256. The van der Waals surface area contributed by atoms with E-state index in [0.717, 1.165) is 0 Å². The molecule has 0 bridgehead atoms. The van der Waals surface area contributed by atoms with E-state index < -0.39 is 18.3 Å². The second kappa shape index (κ2) is 6.94. The molecule has 0 radical (unpaired) electrons. The molecule has 1 nitrogen and oxygen atoms in total. The molecule has 1 rings (SSSR count). The topological polar surface area (TPSA) is 3.24 Å². The summed E-state index contributed by atoms with van der Waals surface area (Å²) in [4.78, 5) is 1.37. The largest absolute Gasteiger partial charge is 1.00 e. The number of anilines is 1. The van der Waals surface area contributed by atoms with Gasteiger partial charge in [0, 0.05) is 19.3 Å². The minimum Gasteiger partial charge on any atom is -0.445 e. The normalized spacial score (nSPS) is 10.6. The molecule has 0 heterocycles. The van der Waals surface area contributed by atoms with Crippen LogP contribution in [0.3, 0.4) is 0 Å². The van der Waals surface area contributed by atoms with E-state index in [-0.39, 0.29) is 57.9 Å². The summed E-state index contributed by atoms with van der Waals surface area (Å²) in [7, 11) is 1.50. The third-order valence-corrected chi connectivity index (χ3v) is 2.17. The molecule has 0 amide bonds. The van der Waals surface area contributed by atoms with E-state index in [1.54, 1.807) is 0 Å². The smallest absolute Gasteiger partial charge is 0.445 e. The molecule has 1 aromatic carbocycles. The summed E-state index contributed by atoms with van der Waals surface area (Å²) < 4.78 is 49.4. The standard InChI is InChI=1S/C10H11BF4N.K/c1-8(11(13,14)15)7-16(2)10-5-3-9(12)4-6-10;/h3-6H,1,7H2,2H3;/q-1;+1. The average molecular weight is 271 g/mol. The predicted octanol–water partition coefficient (Wildman–Crippen LogP) is 0.209. The predicted molar refractivity (Wildman–Crippen MR) is 57.9 cm³/mol. The summed E-state index contributed by atoms with van der Waals surface area (Å²) in [6.07, 6.45) is 0. The Morgan fingerprint density at radius 3 is 2.12 bits per heavy atom. The quantitative estimate of drug-likeness (QED) is 0.559. The summed E-state index contributed by atoms with van der Waals surface area (Å²) in [6.45, 7) is -2.33. The van der Waals surface area contributed by atoms with Crippen molar-refractivity contribution in [3.63, 3.8) is 0 Å². The molecule has 0 aromatic heterocycles. The number of rotatable bonds is 4. The van der Waals surface area contributed by atoms with Crippen molar-refractivity contribution in [1.82, 2.24) is 0 Å². The van der Waals surface area contributed by atoms with Crippen molar-refractivity contribution in [3.8, 4) is 0 Å². The molecule has 0 atom stereocenters. The van der Waals surface area contributed by atoms with E-state index in [0.29, 0.717) is 5.69 Å². The maximum atomic E-state index is 12.6. The van der Waals surface area contributed by atoms with Gasteiger partial charge in [-0.15, -0.1) is 12.1 Å². The second-order valence-corrected chi connectivity index (χ2v) is 3.57. The van der Waals surface area contributed by atoms with Gasteiger partial charge in [0.15, 0.2) is 0 Å². The van der Waals surface area contributed by atoms with Crippen molar-refractivity contribution < 1.29 is 68.7 Å². The summed E-state index contributed by atoms with van der Waals surface area (Å²) in [5, 5.41) is 0. The van der Waals surface area contributed by atoms with Crippen LogP contribution in [0.25, 0.3) is 0 Å². The van der Waals surface area contributed by atoms with Crippen molar-refractivity contribution in [3.05, 3.63) is 42.1 Å². The molecule has 1 aromatic rings. The molecule has 0 fully saturated rings. The molecule has 88 valence electrons. The number of hydrogen-bond acceptors (Lipinski definition) is 1. The fourth-order valence-electron chi connectivity index (χ4n) is 1.20. The third-order valence-electron chi connectivity index (χ3n) is 2.17. The number of benzene rings is 1. The van der Waals surface area contributed by atoms with Crippen LogP contribution in [0.15, 0.2) is 36.3 Å². The van der Waals surface area contributed by atoms with Gasteiger partial charge in [0.2, 0.25) is 0 Å². The van der Waals surface area contributed by atoms with Crippen molar-refractivity contribution in [1.29, 1.82) is 0 Å². The zero-order valence-corrected chi connectivity index (χ0v) is 12.9. The van der Waals surface area contributed by atoms with Gasteiger partial charge in [-0.1, -0.05) is 0 Å². The first-order chi connectivity index (χ1) is 7.30. The zero-order chi connectivity index (χ0) is 12.3. The molecular formula is C10H11BF4KN. The van der Waals surface area contributed by atoms with Crippen LogP contribution in [0.2, 0.25) is 0 Å². The summed E-state index contributed by atoms with van der Waals surface area (Å²) in [6, 6.07) is 5.25. The van der Waals surface area contributed by atoms with Crippen molar-refractivity contribution >= 4 is 12.7 Å². The molecule has 17 heavy (non-hydrogen) atoms. The fourth-order valence-corrected chi connectivity index (χ4v) is 1.20. The first kappa shape index (κ1) is 17.2. The Morgan fingerprint density at radius 1 is 1.24 bits per heavy atom. The van der Waals surface area contributed by atoms with E-state index in [1.807, 2.05) is 0 Å². The zero-order valence-electron chi connectivity index (χ0n) is 9.76. The van der Waals surface area contributed by atoms with Crippen LogP contribution in [-0.2, 0) is 0 Å². The van der Waals surface area contributed by atoms with Gasteiger partial charge in [-0.25, -0.2) is 4.39 Å². The van der Waals surface area contributed by atoms with Crippen molar-refractivity contribution in [2.75, 3.05) is 18.5 Å². The summed E-state index contributed by atoms with van der Waals surface area (Å²) in [5.74, 6) is -0.420. The molecule has 0 saturated heterocycles. The van der Waals surface area contributed by atoms with Crippen molar-refractivity contribution in [2.24, 2.45) is 0 Å². The van der Waals surface area contributed by atoms with Crippen LogP contribution in [0.5, 0.6) is 0 Å². The number of halogens is 4. The van der Waals surface area contributed by atoms with Crippen LogP contribution in [0.4, 0.5) is 23.0 Å². The first-order valence-electron chi connectivity index (χ1n) is 4.65. The van der Waals surface area contributed by atoms with Crippen LogP contribution >= 0.6 is 0 Å². The summed E-state index contributed by atoms with van der Waals surface area (Å²) in [5.41, 5.74) is -0.255. The Labute approximate surface area is 140 Å². The molecule has 0 aliphatic heterocycles. The monoisotopic (exact) mass is 271 g/mol. The minimum atomic E-state index is -5.02. The van der Waals surface area contributed by atoms with Gasteiger partial charge in [0.25, 0.3) is 0 Å². The van der Waals surface area contributed by atoms with E-state index in [4.69, 9.17) is 0 Å². The van der Waals surface area contributed by atoms with Gasteiger partial charge >= 0.3 is 58.4 Å². The third kappa shape index (κ3) is 5.57. The van der Waals surface area contributed by atoms with E-state index in [9.17, 15) is 17.3 Å². The van der Waals surface area contributed by atoms with Gasteiger partial charge in [0.1, 0.15) is 5.82 Å². The first-order valence-corrected chi connectivity index (χ1v) is 4.65. The van der Waals surface area contributed by atoms with Crippen LogP contribution in [-0.4, -0.2) is 20.6 Å². The van der Waals surface area contributed by atoms with E-state index in [2.05, 4.69) is 6.58 Å². The Kier molecular flexibility index (Phi) is 7.01. The molecule has 0 N–H and O–H groups in total. The number of likely N-dealkylation sites (N-methyl/N-ethyl adjacent to an activating group) is 1. The maximum Gasteiger partial charge on any atom is 1.00 e. The van der Waals surface area contributed by atoms with Crippen LogP contribution < -0.4 is 56.3 Å². The fraction of sp³-hybridized carbons (Fsp3) is 0.200. The van der Waals surface area contributed by atoms with Gasteiger partial charge in [-0.05, 0) is 24.3 Å². The second-order valence-electron chi connectivity index (χ2n) is 3.57. The van der Waals surface area contributed by atoms with E-state index >= 15 is 0 Å². The Bertz CT molecular complexity index is 377. The molecular weight excluding hydrogens is 260 g/mol. The van der Waals surface area contributed by atoms with E-state index in [1.165, 1.54) is 36.2 Å². The van der Waals surface area contributed by atoms with Gasteiger partial charge in [-0.3, -0.25) is 0 Å². The van der Waals surface area contributed by atoms with Crippen molar-refractivity contribution in [2.45, 2.75) is 0 Å². The molecule has 7 heteroatoms. The average Bonchev–Trinajstić information content (AvgIpc) is 2.17. The SMILES string of the molecule is C=C(CN(C)c1ccc(F)cc1)[B-](F)(F)F.[K+]. The molecule has 0 saturated carbocycles. The molecule has 0 spiro atoms. The molecule has 0 unspecified atom stereocenters. The van der Waals surface area contributed by atoms with Crippen LogP contribution in [0, 0.1) is 5.82 Å². The Hall–Kier alpha value is 0.181. The maximum absolute atomic E-state index is 12.6. The van der Waals surface area contributed by atoms with Gasteiger partial charge < -0.3 is 17.8 Å². The van der Waals surface area contributed by atoms with Crippen LogP contribution in [0.1, 0.15) is 0 Å². The number of nitrogens with zero attached hydrogens (tertiary/aromatic N) is 1. The summed E-state index contributed by atoms with van der Waals surface area (Å²) >= 11 is 0. The minimum absolute atomic E-state index is 0. The molecule has 0 aliphatic rings. The Morgan fingerprint density at radius 2 is 1.71 bits per heavy atom.